The summed E-state index contributed by atoms with van der Waals surface area (Å²) >= 11 is 1.24. The summed E-state index contributed by atoms with van der Waals surface area (Å²) in [4.78, 5) is 43.0. The van der Waals surface area contributed by atoms with Crippen LogP contribution >= 0.6 is 11.3 Å². The van der Waals surface area contributed by atoms with Gasteiger partial charge in [-0.3, -0.25) is 25.2 Å². The van der Waals surface area contributed by atoms with Crippen LogP contribution in [0.2, 0.25) is 0 Å². The minimum atomic E-state index is -0.591. The summed E-state index contributed by atoms with van der Waals surface area (Å²) in [5.41, 5.74) is 5.65. The molecule has 0 bridgehead atoms. The van der Waals surface area contributed by atoms with E-state index < -0.39 is 23.5 Å². The maximum atomic E-state index is 13.1. The molecular formula is C19H22FN5O4S. The van der Waals surface area contributed by atoms with Crippen molar-refractivity contribution in [3.05, 3.63) is 46.2 Å². The molecule has 160 valence electrons. The Balaban J connectivity index is 1.43. The number of carbonyl (C=O) groups excluding carboxylic acids is 3. The molecule has 0 saturated carbocycles. The molecule has 2 heterocycles. The van der Waals surface area contributed by atoms with Gasteiger partial charge in [0, 0.05) is 13.1 Å². The number of rotatable bonds is 6. The fraction of sp³-hybridized carbons (Fsp3) is 0.368. The summed E-state index contributed by atoms with van der Waals surface area (Å²) in [5.74, 6) is -1.94. The van der Waals surface area contributed by atoms with Crippen LogP contribution in [-0.2, 0) is 20.7 Å². The maximum absolute atomic E-state index is 13.1. The van der Waals surface area contributed by atoms with Crippen molar-refractivity contribution in [3.63, 3.8) is 0 Å². The van der Waals surface area contributed by atoms with E-state index in [2.05, 4.69) is 21.2 Å². The minimum absolute atomic E-state index is 0.0538. The van der Waals surface area contributed by atoms with E-state index in [1.807, 2.05) is 4.90 Å². The van der Waals surface area contributed by atoms with E-state index in [9.17, 15) is 18.8 Å². The van der Waals surface area contributed by atoms with E-state index in [4.69, 9.17) is 4.74 Å². The Morgan fingerprint density at radius 1 is 1.20 bits per heavy atom. The molecule has 0 aliphatic carbocycles. The summed E-state index contributed by atoms with van der Waals surface area (Å²) < 4.78 is 18.4. The number of nitrogens with zero attached hydrogens (tertiary/aromatic N) is 2. The molecule has 0 spiro atoms. The Hall–Kier alpha value is -3.05. The van der Waals surface area contributed by atoms with Crippen molar-refractivity contribution >= 4 is 34.2 Å². The highest BCUT2D eigenvalue weighted by molar-refractivity contribution is 7.17. The lowest BCUT2D eigenvalue weighted by Crippen LogP contribution is -2.46. The van der Waals surface area contributed by atoms with Crippen molar-refractivity contribution in [1.82, 2.24) is 21.2 Å². The average molecular weight is 435 g/mol. The first-order valence-corrected chi connectivity index (χ1v) is 10.1. The number of hydrogen-bond acceptors (Lipinski definition) is 7. The second-order valence-electron chi connectivity index (χ2n) is 6.60. The van der Waals surface area contributed by atoms with Gasteiger partial charge in [0.25, 0.3) is 11.8 Å². The average Bonchev–Trinajstić information content (AvgIpc) is 3.13. The quantitative estimate of drug-likeness (QED) is 0.571. The van der Waals surface area contributed by atoms with Crippen LogP contribution in [0.15, 0.2) is 24.3 Å². The highest BCUT2D eigenvalue weighted by atomic mass is 32.1. The van der Waals surface area contributed by atoms with Crippen molar-refractivity contribution in [1.29, 1.82) is 0 Å². The molecule has 11 heteroatoms. The molecule has 1 aliphatic rings. The lowest BCUT2D eigenvalue weighted by molar-refractivity contribution is -0.126. The van der Waals surface area contributed by atoms with Crippen molar-refractivity contribution in [3.8, 4) is 0 Å². The Morgan fingerprint density at radius 2 is 1.97 bits per heavy atom. The van der Waals surface area contributed by atoms with Crippen LogP contribution in [0.1, 0.15) is 20.9 Å². The van der Waals surface area contributed by atoms with Crippen molar-refractivity contribution in [2.24, 2.45) is 0 Å². The zero-order valence-corrected chi connectivity index (χ0v) is 17.2. The number of benzene rings is 1. The molecule has 0 radical (unpaired) electrons. The summed E-state index contributed by atoms with van der Waals surface area (Å²) in [5, 5.41) is 3.15. The number of aromatic nitrogens is 1. The fourth-order valence-electron chi connectivity index (χ4n) is 2.78. The number of ether oxygens (including phenoxy) is 1. The molecule has 9 nitrogen and oxygen atoms in total. The van der Waals surface area contributed by atoms with Gasteiger partial charge in [0.2, 0.25) is 5.91 Å². The van der Waals surface area contributed by atoms with Gasteiger partial charge in [0.15, 0.2) is 5.13 Å². The van der Waals surface area contributed by atoms with Crippen LogP contribution < -0.4 is 21.1 Å². The smallest absolute Gasteiger partial charge is 0.281 e. The van der Waals surface area contributed by atoms with E-state index >= 15 is 0 Å². The first kappa shape index (κ1) is 21.7. The molecule has 3 rings (SSSR count). The van der Waals surface area contributed by atoms with Gasteiger partial charge in [-0.25, -0.2) is 9.37 Å². The number of anilines is 1. The maximum Gasteiger partial charge on any atom is 0.281 e. The van der Waals surface area contributed by atoms with Gasteiger partial charge in [0.05, 0.1) is 31.9 Å². The van der Waals surface area contributed by atoms with Crippen LogP contribution in [0.5, 0.6) is 0 Å². The number of morpholine rings is 1. The van der Waals surface area contributed by atoms with Gasteiger partial charge in [0.1, 0.15) is 10.7 Å². The molecule has 0 unspecified atom stereocenters. The number of amides is 3. The number of hydrazine groups is 1. The van der Waals surface area contributed by atoms with Crippen LogP contribution in [-0.4, -0.2) is 55.6 Å². The molecule has 0 atom stereocenters. The molecule has 1 aromatic carbocycles. The predicted octanol–water partition coefficient (Wildman–Crippen LogP) is 0.547. The topological polar surface area (TPSA) is 113 Å². The third kappa shape index (κ3) is 5.97. The number of nitrogens with one attached hydrogen (secondary N) is 3. The van der Waals surface area contributed by atoms with Gasteiger partial charge in [-0.2, -0.15) is 0 Å². The van der Waals surface area contributed by atoms with Gasteiger partial charge in [-0.05, 0) is 24.6 Å². The SMILES string of the molecule is Cc1nc(N2CCOCC2)sc1C(=O)NNC(=O)CNC(=O)Cc1cccc(F)c1. The summed E-state index contributed by atoms with van der Waals surface area (Å²) in [7, 11) is 0. The van der Waals surface area contributed by atoms with Crippen LogP contribution in [0.25, 0.3) is 0 Å². The number of aryl methyl sites for hydroxylation is 1. The molecule has 3 amide bonds. The first-order chi connectivity index (χ1) is 14.4. The van der Waals surface area contributed by atoms with E-state index in [0.29, 0.717) is 42.4 Å². The van der Waals surface area contributed by atoms with Crippen LogP contribution in [0.4, 0.5) is 9.52 Å². The van der Waals surface area contributed by atoms with Gasteiger partial charge in [-0.15, -0.1) is 0 Å². The summed E-state index contributed by atoms with van der Waals surface area (Å²) in [6.45, 7) is 4.04. The lowest BCUT2D eigenvalue weighted by atomic mass is 10.1. The Labute approximate surface area is 176 Å². The molecular weight excluding hydrogens is 413 g/mol. The zero-order chi connectivity index (χ0) is 21.5. The summed E-state index contributed by atoms with van der Waals surface area (Å²) in [6.07, 6.45) is -0.0538. The highest BCUT2D eigenvalue weighted by Crippen LogP contribution is 2.26. The Bertz CT molecular complexity index is 929. The number of carbonyl (C=O) groups is 3. The molecule has 30 heavy (non-hydrogen) atoms. The van der Waals surface area contributed by atoms with Gasteiger partial charge in [-0.1, -0.05) is 23.5 Å². The fourth-order valence-corrected chi connectivity index (χ4v) is 3.80. The second-order valence-corrected chi connectivity index (χ2v) is 7.57. The molecule has 1 saturated heterocycles. The molecule has 2 aromatic rings. The highest BCUT2D eigenvalue weighted by Gasteiger charge is 2.20. The third-order valence-electron chi connectivity index (χ3n) is 4.29. The number of thiazole rings is 1. The van der Waals surface area contributed by atoms with Crippen molar-refractivity contribution in [2.75, 3.05) is 37.7 Å². The standard InChI is InChI=1S/C19H22FN5O4S/c1-12-17(30-19(22-12)25-5-7-29-8-6-25)18(28)24-23-16(27)11-21-15(26)10-13-3-2-4-14(20)9-13/h2-4,9H,5-8,10-11H2,1H3,(H,21,26)(H,23,27)(H,24,28). The Morgan fingerprint density at radius 3 is 2.70 bits per heavy atom. The van der Waals surface area contributed by atoms with E-state index in [1.54, 1.807) is 13.0 Å². The predicted molar refractivity (Wildman–Crippen MR) is 109 cm³/mol. The van der Waals surface area contributed by atoms with E-state index in [1.165, 1.54) is 29.5 Å². The van der Waals surface area contributed by atoms with E-state index in [-0.39, 0.29) is 13.0 Å². The molecule has 1 aliphatic heterocycles. The number of hydrogen-bond donors (Lipinski definition) is 3. The minimum Gasteiger partial charge on any atom is -0.378 e. The first-order valence-electron chi connectivity index (χ1n) is 9.33. The molecule has 1 fully saturated rings. The van der Waals surface area contributed by atoms with Gasteiger partial charge < -0.3 is 15.0 Å². The van der Waals surface area contributed by atoms with Gasteiger partial charge >= 0.3 is 0 Å². The molecule has 1 aromatic heterocycles. The summed E-state index contributed by atoms with van der Waals surface area (Å²) in [6, 6.07) is 5.66. The van der Waals surface area contributed by atoms with E-state index in [0.717, 1.165) is 5.13 Å². The third-order valence-corrected chi connectivity index (χ3v) is 5.51. The largest absolute Gasteiger partial charge is 0.378 e. The van der Waals surface area contributed by atoms with Crippen LogP contribution in [0.3, 0.4) is 0 Å². The monoisotopic (exact) mass is 435 g/mol. The normalized spacial score (nSPS) is 13.6. The lowest BCUT2D eigenvalue weighted by Gasteiger charge is -2.25. The Kier molecular flexibility index (Phi) is 7.31. The van der Waals surface area contributed by atoms with Crippen molar-refractivity contribution < 1.29 is 23.5 Å². The zero-order valence-electron chi connectivity index (χ0n) is 16.4. The molecule has 3 N–H and O–H groups in total. The van der Waals surface area contributed by atoms with Crippen LogP contribution in [0, 0.1) is 12.7 Å². The second kappa shape index (κ2) is 10.1. The number of halogens is 1. The van der Waals surface area contributed by atoms with Crippen molar-refractivity contribution in [2.45, 2.75) is 13.3 Å².